The highest BCUT2D eigenvalue weighted by atomic mass is 32.2. The average Bonchev–Trinajstić information content (AvgIpc) is 2.77. The van der Waals surface area contributed by atoms with Crippen molar-refractivity contribution in [2.24, 2.45) is 5.92 Å². The van der Waals surface area contributed by atoms with Gasteiger partial charge in [-0.25, -0.2) is 8.42 Å². The molecule has 0 fully saturated rings. The summed E-state index contributed by atoms with van der Waals surface area (Å²) >= 11 is 0. The van der Waals surface area contributed by atoms with E-state index in [4.69, 9.17) is 9.47 Å². The van der Waals surface area contributed by atoms with Gasteiger partial charge in [0.1, 0.15) is 19.3 Å². The molecule has 0 saturated carbocycles. The molecule has 31 heavy (non-hydrogen) atoms. The van der Waals surface area contributed by atoms with E-state index in [9.17, 15) is 13.2 Å². The van der Waals surface area contributed by atoms with Crippen LogP contribution in [0, 0.1) is 5.92 Å². The van der Waals surface area contributed by atoms with Crippen LogP contribution >= 0.6 is 0 Å². The van der Waals surface area contributed by atoms with Crippen LogP contribution < -0.4 is 19.5 Å². The van der Waals surface area contributed by atoms with Crippen LogP contribution in [-0.4, -0.2) is 33.6 Å². The molecule has 166 valence electrons. The van der Waals surface area contributed by atoms with Crippen LogP contribution in [0.3, 0.4) is 0 Å². The van der Waals surface area contributed by atoms with Gasteiger partial charge in [-0.05, 0) is 48.4 Å². The van der Waals surface area contributed by atoms with Crippen molar-refractivity contribution < 1.29 is 22.7 Å². The van der Waals surface area contributed by atoms with Crippen LogP contribution in [0.1, 0.15) is 43.9 Å². The van der Waals surface area contributed by atoms with E-state index in [0.29, 0.717) is 24.7 Å². The second-order valence-electron chi connectivity index (χ2n) is 8.30. The topological polar surface area (TPSA) is 93.7 Å². The Bertz CT molecular complexity index is 1070. The Morgan fingerprint density at radius 1 is 1.06 bits per heavy atom. The molecule has 2 aromatic carbocycles. The van der Waals surface area contributed by atoms with E-state index < -0.39 is 16.1 Å². The molecular weight excluding hydrogens is 416 g/mol. The first-order valence-electron chi connectivity index (χ1n) is 10.7. The fourth-order valence-electron chi connectivity index (χ4n) is 4.08. The zero-order chi connectivity index (χ0) is 22.0. The number of ether oxygens (including phenoxy) is 2. The minimum absolute atomic E-state index is 0.0400. The second kappa shape index (κ2) is 8.88. The number of hydrogen-bond acceptors (Lipinski definition) is 5. The summed E-state index contributed by atoms with van der Waals surface area (Å²) < 4.78 is 39.6. The lowest BCUT2D eigenvalue weighted by Gasteiger charge is -2.29. The number of carbonyl (C=O) groups is 1. The molecule has 2 N–H and O–H groups in total. The standard InChI is InChI=1S/C23H28N2O5S/c1-15(2)22(23(26)24-19-9-5-7-16-6-3-4-8-18(16)19)25-31(27,28)17-10-11-20-21(14-17)30-13-12-29-20/h3-4,6,8,10-11,14-15,19,22,25H,5,7,9,12-13H2,1-2H3,(H,24,26)/t19-,22-/m0/s1. The Morgan fingerprint density at radius 2 is 1.81 bits per heavy atom. The van der Waals surface area contributed by atoms with Crippen molar-refractivity contribution in [2.75, 3.05) is 13.2 Å². The van der Waals surface area contributed by atoms with E-state index in [-0.39, 0.29) is 22.8 Å². The molecule has 0 aromatic heterocycles. The SMILES string of the molecule is CC(C)[C@H](NS(=O)(=O)c1ccc2c(c1)OCCO2)C(=O)N[C@H]1CCCc2ccccc21. The van der Waals surface area contributed by atoms with Gasteiger partial charge in [-0.3, -0.25) is 4.79 Å². The van der Waals surface area contributed by atoms with E-state index in [1.165, 1.54) is 17.7 Å². The van der Waals surface area contributed by atoms with Crippen molar-refractivity contribution in [3.63, 3.8) is 0 Å². The Labute approximate surface area is 183 Å². The Hall–Kier alpha value is -2.58. The molecule has 0 bridgehead atoms. The molecular formula is C23H28N2O5S. The van der Waals surface area contributed by atoms with Gasteiger partial charge in [-0.1, -0.05) is 38.1 Å². The third-order valence-corrected chi connectivity index (χ3v) is 7.18. The minimum atomic E-state index is -3.93. The van der Waals surface area contributed by atoms with Gasteiger partial charge in [-0.15, -0.1) is 0 Å². The first kappa shape index (κ1) is 21.6. The number of hydrogen-bond donors (Lipinski definition) is 2. The van der Waals surface area contributed by atoms with E-state index in [1.807, 2.05) is 32.0 Å². The highest BCUT2D eigenvalue weighted by Crippen LogP contribution is 2.33. The molecule has 0 saturated heterocycles. The van der Waals surface area contributed by atoms with Crippen LogP contribution in [0.4, 0.5) is 0 Å². The van der Waals surface area contributed by atoms with Gasteiger partial charge in [0.15, 0.2) is 11.5 Å². The Kier molecular flexibility index (Phi) is 6.20. The second-order valence-corrected chi connectivity index (χ2v) is 10.0. The lowest BCUT2D eigenvalue weighted by molar-refractivity contribution is -0.124. The van der Waals surface area contributed by atoms with Gasteiger partial charge in [0.05, 0.1) is 10.9 Å². The van der Waals surface area contributed by atoms with E-state index in [0.717, 1.165) is 24.8 Å². The van der Waals surface area contributed by atoms with Crippen LogP contribution in [0.5, 0.6) is 11.5 Å². The number of aryl methyl sites for hydroxylation is 1. The molecule has 7 nitrogen and oxygen atoms in total. The van der Waals surface area contributed by atoms with Gasteiger partial charge in [0, 0.05) is 6.07 Å². The third-order valence-electron chi connectivity index (χ3n) is 5.74. The smallest absolute Gasteiger partial charge is 0.241 e. The van der Waals surface area contributed by atoms with E-state index >= 15 is 0 Å². The number of amides is 1. The lowest BCUT2D eigenvalue weighted by Crippen LogP contribution is -2.50. The lowest BCUT2D eigenvalue weighted by atomic mass is 9.87. The van der Waals surface area contributed by atoms with Crippen molar-refractivity contribution in [1.29, 1.82) is 0 Å². The van der Waals surface area contributed by atoms with Crippen molar-refractivity contribution in [2.45, 2.75) is 50.1 Å². The van der Waals surface area contributed by atoms with Crippen LogP contribution in [0.15, 0.2) is 47.4 Å². The largest absolute Gasteiger partial charge is 0.486 e. The number of carbonyl (C=O) groups excluding carboxylic acids is 1. The summed E-state index contributed by atoms with van der Waals surface area (Å²) in [7, 11) is -3.93. The van der Waals surface area contributed by atoms with Gasteiger partial charge in [0.25, 0.3) is 0 Å². The maximum atomic E-state index is 13.1. The Morgan fingerprint density at radius 3 is 2.58 bits per heavy atom. The summed E-state index contributed by atoms with van der Waals surface area (Å²) in [5, 5.41) is 3.07. The van der Waals surface area contributed by atoms with Crippen LogP contribution in [0.2, 0.25) is 0 Å². The maximum absolute atomic E-state index is 13.1. The summed E-state index contributed by atoms with van der Waals surface area (Å²) in [6.07, 6.45) is 2.81. The molecule has 1 aliphatic heterocycles. The minimum Gasteiger partial charge on any atom is -0.486 e. The molecule has 0 spiro atoms. The fourth-order valence-corrected chi connectivity index (χ4v) is 5.44. The highest BCUT2D eigenvalue weighted by molar-refractivity contribution is 7.89. The van der Waals surface area contributed by atoms with Crippen molar-refractivity contribution in [3.05, 3.63) is 53.6 Å². The van der Waals surface area contributed by atoms with Gasteiger partial charge < -0.3 is 14.8 Å². The van der Waals surface area contributed by atoms with Crippen LogP contribution in [-0.2, 0) is 21.2 Å². The van der Waals surface area contributed by atoms with Gasteiger partial charge in [0.2, 0.25) is 15.9 Å². The van der Waals surface area contributed by atoms with Crippen LogP contribution in [0.25, 0.3) is 0 Å². The van der Waals surface area contributed by atoms with E-state index in [1.54, 1.807) is 6.07 Å². The molecule has 2 aliphatic rings. The molecule has 4 rings (SSSR count). The highest BCUT2D eigenvalue weighted by Gasteiger charge is 2.31. The predicted octanol–water partition coefficient (Wildman–Crippen LogP) is 2.95. The third kappa shape index (κ3) is 4.70. The normalized spacial score (nSPS) is 18.9. The number of rotatable bonds is 6. The molecule has 2 aromatic rings. The summed E-state index contributed by atoms with van der Waals surface area (Å²) in [6.45, 7) is 4.44. The average molecular weight is 445 g/mol. The number of benzene rings is 2. The zero-order valence-electron chi connectivity index (χ0n) is 17.8. The Balaban J connectivity index is 1.52. The quantitative estimate of drug-likeness (QED) is 0.715. The monoisotopic (exact) mass is 444 g/mol. The van der Waals surface area contributed by atoms with E-state index in [2.05, 4.69) is 16.1 Å². The molecule has 1 amide bonds. The summed E-state index contributed by atoms with van der Waals surface area (Å²) in [6, 6.07) is 11.5. The van der Waals surface area contributed by atoms with Gasteiger partial charge >= 0.3 is 0 Å². The molecule has 1 aliphatic carbocycles. The first-order valence-corrected chi connectivity index (χ1v) is 12.1. The zero-order valence-corrected chi connectivity index (χ0v) is 18.6. The number of sulfonamides is 1. The molecule has 1 heterocycles. The fraction of sp³-hybridized carbons (Fsp3) is 0.435. The molecule has 0 unspecified atom stereocenters. The molecule has 2 atom stereocenters. The maximum Gasteiger partial charge on any atom is 0.241 e. The number of nitrogens with one attached hydrogen (secondary N) is 2. The van der Waals surface area contributed by atoms with Crippen molar-refractivity contribution >= 4 is 15.9 Å². The first-order chi connectivity index (χ1) is 14.8. The molecule has 0 radical (unpaired) electrons. The van der Waals surface area contributed by atoms with Crippen molar-refractivity contribution in [1.82, 2.24) is 10.0 Å². The summed E-state index contributed by atoms with van der Waals surface area (Å²) in [4.78, 5) is 13.2. The molecule has 8 heteroatoms. The summed E-state index contributed by atoms with van der Waals surface area (Å²) in [5.74, 6) is 0.349. The summed E-state index contributed by atoms with van der Waals surface area (Å²) in [5.41, 5.74) is 2.34. The predicted molar refractivity (Wildman–Crippen MR) is 117 cm³/mol. The number of fused-ring (bicyclic) bond motifs is 2. The van der Waals surface area contributed by atoms with Crippen molar-refractivity contribution in [3.8, 4) is 11.5 Å². The van der Waals surface area contributed by atoms with Gasteiger partial charge in [-0.2, -0.15) is 4.72 Å².